The highest BCUT2D eigenvalue weighted by atomic mass is 79.9. The van der Waals surface area contributed by atoms with Gasteiger partial charge in [-0.3, -0.25) is 0 Å². The number of ether oxygens (including phenoxy) is 1. The van der Waals surface area contributed by atoms with Crippen molar-refractivity contribution >= 4 is 33.0 Å². The molecule has 0 aliphatic carbocycles. The minimum atomic E-state index is 0.123. The van der Waals surface area contributed by atoms with Crippen molar-refractivity contribution in [2.24, 2.45) is 0 Å². The summed E-state index contributed by atoms with van der Waals surface area (Å²) in [6.07, 6.45) is 0. The van der Waals surface area contributed by atoms with Crippen LogP contribution >= 0.6 is 27.3 Å². The zero-order chi connectivity index (χ0) is 15.6. The Morgan fingerprint density at radius 2 is 1.95 bits per heavy atom. The van der Waals surface area contributed by atoms with Gasteiger partial charge in [-0.15, -0.1) is 11.3 Å². The maximum absolute atomic E-state index is 5.49. The van der Waals surface area contributed by atoms with E-state index in [-0.39, 0.29) is 11.5 Å². The van der Waals surface area contributed by atoms with Gasteiger partial charge in [0.25, 0.3) is 0 Å². The van der Waals surface area contributed by atoms with Crippen molar-refractivity contribution in [2.75, 3.05) is 12.4 Å². The Hall–Kier alpha value is -1.000. The normalized spacial score (nSPS) is 13.0. The second-order valence-electron chi connectivity index (χ2n) is 6.20. The molecule has 1 heterocycles. The summed E-state index contributed by atoms with van der Waals surface area (Å²) in [5.41, 5.74) is 2.46. The molecule has 0 radical (unpaired) electrons. The van der Waals surface area contributed by atoms with Crippen molar-refractivity contribution < 1.29 is 4.74 Å². The van der Waals surface area contributed by atoms with Gasteiger partial charge in [-0.1, -0.05) is 26.8 Å². The van der Waals surface area contributed by atoms with Crippen LogP contribution in [0.25, 0.3) is 0 Å². The van der Waals surface area contributed by atoms with Crippen LogP contribution in [0.4, 0.5) is 5.69 Å². The lowest BCUT2D eigenvalue weighted by atomic mass is 9.86. The summed E-state index contributed by atoms with van der Waals surface area (Å²) in [5, 5.41) is 5.68. The Labute approximate surface area is 139 Å². The van der Waals surface area contributed by atoms with E-state index in [0.717, 1.165) is 15.9 Å². The zero-order valence-electron chi connectivity index (χ0n) is 13.2. The summed E-state index contributed by atoms with van der Waals surface area (Å²) in [7, 11) is 1.71. The van der Waals surface area contributed by atoms with Crippen molar-refractivity contribution in [3.05, 3.63) is 44.6 Å². The molecule has 0 aliphatic rings. The average molecular weight is 368 g/mol. The monoisotopic (exact) mass is 367 g/mol. The second-order valence-corrected chi connectivity index (χ2v) is 8.06. The van der Waals surface area contributed by atoms with Crippen LogP contribution < -0.4 is 10.1 Å². The molecule has 4 heteroatoms. The molecular formula is C17H22BrNOS. The van der Waals surface area contributed by atoms with Gasteiger partial charge in [-0.05, 0) is 52.0 Å². The molecule has 0 amide bonds. The SMILES string of the molecule is COc1ccc(C(C)(C)C)cc1NC(C)c1cc(Br)cs1. The van der Waals surface area contributed by atoms with Gasteiger partial charge in [0.15, 0.2) is 0 Å². The van der Waals surface area contributed by atoms with Crippen LogP contribution in [0, 0.1) is 0 Å². The Morgan fingerprint density at radius 3 is 2.48 bits per heavy atom. The third-order valence-corrected chi connectivity index (χ3v) is 5.33. The highest BCUT2D eigenvalue weighted by Crippen LogP contribution is 2.35. The summed E-state index contributed by atoms with van der Waals surface area (Å²) in [5.74, 6) is 0.880. The Morgan fingerprint density at radius 1 is 1.24 bits per heavy atom. The summed E-state index contributed by atoms with van der Waals surface area (Å²) < 4.78 is 6.62. The van der Waals surface area contributed by atoms with E-state index in [0.29, 0.717) is 0 Å². The summed E-state index contributed by atoms with van der Waals surface area (Å²) in [6.45, 7) is 8.83. The predicted molar refractivity (Wildman–Crippen MR) is 95.8 cm³/mol. The average Bonchev–Trinajstić information content (AvgIpc) is 2.84. The van der Waals surface area contributed by atoms with Crippen molar-refractivity contribution in [3.8, 4) is 5.75 Å². The largest absolute Gasteiger partial charge is 0.495 e. The minimum Gasteiger partial charge on any atom is -0.495 e. The van der Waals surface area contributed by atoms with E-state index in [1.807, 2.05) is 6.07 Å². The van der Waals surface area contributed by atoms with Gasteiger partial charge < -0.3 is 10.1 Å². The first-order chi connectivity index (χ1) is 9.81. The van der Waals surface area contributed by atoms with Crippen LogP contribution in [0.2, 0.25) is 0 Å². The smallest absolute Gasteiger partial charge is 0.141 e. The topological polar surface area (TPSA) is 21.3 Å². The van der Waals surface area contributed by atoms with Crippen LogP contribution in [0.1, 0.15) is 44.2 Å². The third kappa shape index (κ3) is 4.01. The van der Waals surface area contributed by atoms with Gasteiger partial charge in [0.1, 0.15) is 5.75 Å². The lowest BCUT2D eigenvalue weighted by Crippen LogP contribution is -2.13. The van der Waals surface area contributed by atoms with Gasteiger partial charge in [0.2, 0.25) is 0 Å². The zero-order valence-corrected chi connectivity index (χ0v) is 15.6. The van der Waals surface area contributed by atoms with Gasteiger partial charge in [-0.25, -0.2) is 0 Å². The van der Waals surface area contributed by atoms with Crippen LogP contribution in [0.5, 0.6) is 5.75 Å². The first-order valence-corrected chi connectivity index (χ1v) is 8.67. The summed E-state index contributed by atoms with van der Waals surface area (Å²) >= 11 is 5.26. The number of halogens is 1. The fraction of sp³-hybridized carbons (Fsp3) is 0.412. The van der Waals surface area contributed by atoms with Crippen molar-refractivity contribution in [2.45, 2.75) is 39.2 Å². The molecule has 0 fully saturated rings. The van der Waals surface area contributed by atoms with Crippen molar-refractivity contribution in [1.29, 1.82) is 0 Å². The number of hydrogen-bond donors (Lipinski definition) is 1. The van der Waals surface area contributed by atoms with Crippen LogP contribution in [-0.2, 0) is 5.41 Å². The second kappa shape index (κ2) is 6.41. The number of hydrogen-bond acceptors (Lipinski definition) is 3. The van der Waals surface area contributed by atoms with E-state index in [4.69, 9.17) is 4.74 Å². The molecular weight excluding hydrogens is 346 g/mol. The minimum absolute atomic E-state index is 0.123. The number of nitrogens with one attached hydrogen (secondary N) is 1. The molecule has 0 saturated heterocycles. The van der Waals surface area contributed by atoms with E-state index in [1.54, 1.807) is 18.4 Å². The number of methoxy groups -OCH3 is 1. The Balaban J connectivity index is 2.29. The standard InChI is InChI=1S/C17H22BrNOS/c1-11(16-9-13(18)10-21-16)19-14-8-12(17(2,3)4)6-7-15(14)20-5/h6-11,19H,1-5H3. The molecule has 0 saturated carbocycles. The molecule has 2 rings (SSSR count). The number of anilines is 1. The molecule has 1 N–H and O–H groups in total. The van der Waals surface area contributed by atoms with E-state index in [2.05, 4.69) is 72.5 Å². The summed E-state index contributed by atoms with van der Waals surface area (Å²) in [6, 6.07) is 8.77. The highest BCUT2D eigenvalue weighted by Gasteiger charge is 2.17. The number of thiophene rings is 1. The van der Waals surface area contributed by atoms with Crippen molar-refractivity contribution in [1.82, 2.24) is 0 Å². The molecule has 1 aromatic carbocycles. The number of rotatable bonds is 4. The van der Waals surface area contributed by atoms with E-state index in [1.165, 1.54) is 10.4 Å². The molecule has 2 aromatic rings. The Bertz CT molecular complexity index is 615. The molecule has 0 bridgehead atoms. The molecule has 1 aromatic heterocycles. The van der Waals surface area contributed by atoms with Crippen LogP contribution in [0.15, 0.2) is 34.1 Å². The molecule has 0 aliphatic heterocycles. The van der Waals surface area contributed by atoms with Gasteiger partial charge >= 0.3 is 0 Å². The quantitative estimate of drug-likeness (QED) is 0.716. The fourth-order valence-corrected chi connectivity index (χ4v) is 3.60. The third-order valence-electron chi connectivity index (χ3n) is 3.45. The highest BCUT2D eigenvalue weighted by molar-refractivity contribution is 9.10. The summed E-state index contributed by atoms with van der Waals surface area (Å²) in [4.78, 5) is 1.30. The molecule has 0 spiro atoms. The van der Waals surface area contributed by atoms with Gasteiger partial charge in [0, 0.05) is 14.7 Å². The number of benzene rings is 1. The molecule has 21 heavy (non-hydrogen) atoms. The fourth-order valence-electron chi connectivity index (χ4n) is 2.15. The van der Waals surface area contributed by atoms with E-state index < -0.39 is 0 Å². The van der Waals surface area contributed by atoms with Gasteiger partial charge in [0.05, 0.1) is 18.8 Å². The first kappa shape index (κ1) is 16.4. The Kier molecular flexibility index (Phi) is 4.99. The molecule has 114 valence electrons. The van der Waals surface area contributed by atoms with Crippen LogP contribution in [0.3, 0.4) is 0 Å². The lowest BCUT2D eigenvalue weighted by Gasteiger charge is -2.23. The maximum Gasteiger partial charge on any atom is 0.141 e. The predicted octanol–water partition coefficient (Wildman–Crippen LogP) is 5.99. The van der Waals surface area contributed by atoms with Crippen LogP contribution in [-0.4, -0.2) is 7.11 Å². The first-order valence-electron chi connectivity index (χ1n) is 7.00. The van der Waals surface area contributed by atoms with Crippen molar-refractivity contribution in [3.63, 3.8) is 0 Å². The molecule has 1 atom stereocenters. The lowest BCUT2D eigenvalue weighted by molar-refractivity contribution is 0.415. The van der Waals surface area contributed by atoms with E-state index in [9.17, 15) is 0 Å². The van der Waals surface area contributed by atoms with E-state index >= 15 is 0 Å². The van der Waals surface area contributed by atoms with Gasteiger partial charge in [-0.2, -0.15) is 0 Å². The molecule has 1 unspecified atom stereocenters. The maximum atomic E-state index is 5.49. The molecule has 2 nitrogen and oxygen atoms in total.